The zero-order valence-electron chi connectivity index (χ0n) is 15.1. The number of nitrogens with zero attached hydrogens (tertiary/aromatic N) is 3. The van der Waals surface area contributed by atoms with E-state index in [-0.39, 0.29) is 0 Å². The topological polar surface area (TPSA) is 18.8 Å². The Balaban J connectivity index is 1.67. The van der Waals surface area contributed by atoms with Gasteiger partial charge in [-0.2, -0.15) is 0 Å². The quantitative estimate of drug-likeness (QED) is 0.783. The largest absolute Gasteiger partial charge is 0.371 e. The second-order valence-electron chi connectivity index (χ2n) is 7.92. The normalized spacial score (nSPS) is 21.9. The second kappa shape index (κ2) is 7.16. The molecule has 3 heteroatoms. The fourth-order valence-electron chi connectivity index (χ4n) is 4.75. The van der Waals surface area contributed by atoms with Crippen LogP contribution in [0.1, 0.15) is 56.9 Å². The molecular formula is C21H31N3. The third-order valence-corrected chi connectivity index (χ3v) is 6.08. The van der Waals surface area contributed by atoms with Crippen LogP contribution in [-0.4, -0.2) is 32.9 Å². The molecule has 1 aromatic carbocycles. The lowest BCUT2D eigenvalue weighted by Gasteiger charge is -2.33. The summed E-state index contributed by atoms with van der Waals surface area (Å²) in [5.74, 6) is 0.874. The van der Waals surface area contributed by atoms with Crippen molar-refractivity contribution in [2.75, 3.05) is 36.5 Å². The highest BCUT2D eigenvalue weighted by atomic mass is 15.2. The minimum atomic E-state index is 0.874. The van der Waals surface area contributed by atoms with Crippen molar-refractivity contribution >= 4 is 23.3 Å². The predicted octanol–water partition coefficient (Wildman–Crippen LogP) is 4.95. The zero-order chi connectivity index (χ0) is 16.4. The zero-order valence-corrected chi connectivity index (χ0v) is 15.1. The Kier molecular flexibility index (Phi) is 4.77. The molecule has 0 N–H and O–H groups in total. The van der Waals surface area contributed by atoms with E-state index < -0.39 is 0 Å². The predicted molar refractivity (Wildman–Crippen MR) is 104 cm³/mol. The van der Waals surface area contributed by atoms with E-state index in [0.29, 0.717) is 0 Å². The van der Waals surface area contributed by atoms with Crippen LogP contribution in [0.2, 0.25) is 0 Å². The Morgan fingerprint density at radius 1 is 1.00 bits per heavy atom. The van der Waals surface area contributed by atoms with Gasteiger partial charge in [0.25, 0.3) is 0 Å². The van der Waals surface area contributed by atoms with E-state index in [1.807, 2.05) is 0 Å². The number of piperidine rings is 1. The number of fused-ring (bicyclic) bond motifs is 1. The molecule has 24 heavy (non-hydrogen) atoms. The molecule has 2 aliphatic heterocycles. The number of aliphatic imine (C=N–C) groups is 1. The van der Waals surface area contributed by atoms with Crippen LogP contribution >= 0.6 is 0 Å². The van der Waals surface area contributed by atoms with Crippen LogP contribution in [0.25, 0.3) is 0 Å². The summed E-state index contributed by atoms with van der Waals surface area (Å²) in [5.41, 5.74) is 5.53. The van der Waals surface area contributed by atoms with Crippen LogP contribution in [0.15, 0.2) is 17.1 Å². The number of benzene rings is 1. The molecule has 0 radical (unpaired) electrons. The highest BCUT2D eigenvalue weighted by Crippen LogP contribution is 2.41. The number of rotatable bonds is 3. The summed E-state index contributed by atoms with van der Waals surface area (Å²) in [6, 6.07) is 4.83. The van der Waals surface area contributed by atoms with Crippen molar-refractivity contribution in [3.05, 3.63) is 17.7 Å². The van der Waals surface area contributed by atoms with Crippen LogP contribution < -0.4 is 9.80 Å². The summed E-state index contributed by atoms with van der Waals surface area (Å²) in [6.07, 6.45) is 14.5. The number of hydrogen-bond acceptors (Lipinski definition) is 3. The highest BCUT2D eigenvalue weighted by molar-refractivity contribution is 5.85. The average molecular weight is 326 g/mol. The molecule has 1 aromatic rings. The molecule has 0 atom stereocenters. The van der Waals surface area contributed by atoms with Gasteiger partial charge in [0.1, 0.15) is 0 Å². The highest BCUT2D eigenvalue weighted by Gasteiger charge is 2.23. The van der Waals surface area contributed by atoms with E-state index in [0.717, 1.165) is 12.5 Å². The molecule has 2 fully saturated rings. The number of anilines is 2. The first-order valence-corrected chi connectivity index (χ1v) is 9.97. The van der Waals surface area contributed by atoms with E-state index in [2.05, 4.69) is 35.2 Å². The molecule has 1 saturated carbocycles. The lowest BCUT2D eigenvalue weighted by molar-refractivity contribution is 0.357. The van der Waals surface area contributed by atoms with E-state index in [1.165, 1.54) is 87.9 Å². The van der Waals surface area contributed by atoms with Gasteiger partial charge in [0.05, 0.1) is 17.9 Å². The van der Waals surface area contributed by atoms with Crippen molar-refractivity contribution in [1.82, 2.24) is 0 Å². The summed E-state index contributed by atoms with van der Waals surface area (Å²) < 4.78 is 0. The Bertz CT molecular complexity index is 595. The minimum absolute atomic E-state index is 0.874. The first kappa shape index (κ1) is 16.0. The van der Waals surface area contributed by atoms with Gasteiger partial charge in [-0.05, 0) is 49.3 Å². The van der Waals surface area contributed by atoms with Gasteiger partial charge >= 0.3 is 0 Å². The third-order valence-electron chi connectivity index (χ3n) is 6.08. The standard InChI is InChI=1S/C21H31N3/c1-23-13-10-22-20-16-19(24-11-6-3-7-12-24)15-18(21(20)23)14-17-8-4-2-5-9-17/h10,15-17H,2-9,11-14H2,1H3. The van der Waals surface area contributed by atoms with Crippen LogP contribution in [-0.2, 0) is 6.42 Å². The van der Waals surface area contributed by atoms with Gasteiger partial charge in [-0.3, -0.25) is 4.99 Å². The van der Waals surface area contributed by atoms with Gasteiger partial charge in [0, 0.05) is 32.0 Å². The maximum Gasteiger partial charge on any atom is 0.0883 e. The van der Waals surface area contributed by atoms with E-state index >= 15 is 0 Å². The summed E-state index contributed by atoms with van der Waals surface area (Å²) >= 11 is 0. The monoisotopic (exact) mass is 325 g/mol. The van der Waals surface area contributed by atoms with E-state index in [9.17, 15) is 0 Å². The first-order chi connectivity index (χ1) is 11.8. The van der Waals surface area contributed by atoms with Crippen molar-refractivity contribution in [2.24, 2.45) is 10.9 Å². The van der Waals surface area contributed by atoms with Gasteiger partial charge in [0.2, 0.25) is 0 Å². The van der Waals surface area contributed by atoms with Gasteiger partial charge in [-0.15, -0.1) is 0 Å². The molecule has 1 saturated heterocycles. The summed E-state index contributed by atoms with van der Waals surface area (Å²) in [5, 5.41) is 0. The van der Waals surface area contributed by atoms with Gasteiger partial charge in [0.15, 0.2) is 0 Å². The summed E-state index contributed by atoms with van der Waals surface area (Å²) in [4.78, 5) is 9.73. The van der Waals surface area contributed by atoms with Crippen molar-refractivity contribution in [3.8, 4) is 0 Å². The maximum absolute atomic E-state index is 4.76. The average Bonchev–Trinajstić information content (AvgIpc) is 2.63. The lowest BCUT2D eigenvalue weighted by atomic mass is 9.84. The Hall–Kier alpha value is -1.51. The molecule has 0 amide bonds. The van der Waals surface area contributed by atoms with Crippen LogP contribution in [0.5, 0.6) is 0 Å². The molecule has 0 aromatic heterocycles. The molecule has 2 heterocycles. The van der Waals surface area contributed by atoms with Crippen molar-refractivity contribution < 1.29 is 0 Å². The van der Waals surface area contributed by atoms with Crippen LogP contribution in [0.3, 0.4) is 0 Å². The van der Waals surface area contributed by atoms with Crippen molar-refractivity contribution in [1.29, 1.82) is 0 Å². The fourth-order valence-corrected chi connectivity index (χ4v) is 4.75. The molecule has 0 bridgehead atoms. The minimum Gasteiger partial charge on any atom is -0.371 e. The van der Waals surface area contributed by atoms with Crippen LogP contribution in [0.4, 0.5) is 17.1 Å². The van der Waals surface area contributed by atoms with Crippen molar-refractivity contribution in [3.63, 3.8) is 0 Å². The van der Waals surface area contributed by atoms with Crippen molar-refractivity contribution in [2.45, 2.75) is 57.8 Å². The Morgan fingerprint density at radius 3 is 2.54 bits per heavy atom. The van der Waals surface area contributed by atoms with E-state index in [1.54, 1.807) is 5.56 Å². The molecule has 0 spiro atoms. The maximum atomic E-state index is 4.76. The number of hydrogen-bond donors (Lipinski definition) is 0. The molecule has 3 nitrogen and oxygen atoms in total. The Morgan fingerprint density at radius 2 is 1.75 bits per heavy atom. The molecule has 4 rings (SSSR count). The first-order valence-electron chi connectivity index (χ1n) is 9.97. The molecule has 3 aliphatic rings. The summed E-state index contributed by atoms with van der Waals surface area (Å²) in [6.45, 7) is 3.36. The van der Waals surface area contributed by atoms with Gasteiger partial charge in [-0.1, -0.05) is 32.1 Å². The second-order valence-corrected chi connectivity index (χ2v) is 7.92. The Labute approximate surface area is 146 Å². The molecule has 1 aliphatic carbocycles. The molecular weight excluding hydrogens is 294 g/mol. The fraction of sp³-hybridized carbons (Fsp3) is 0.667. The van der Waals surface area contributed by atoms with E-state index in [4.69, 9.17) is 4.99 Å². The molecule has 0 unspecified atom stereocenters. The summed E-state index contributed by atoms with van der Waals surface area (Å²) in [7, 11) is 2.22. The SMILES string of the molecule is CN1CC=Nc2cc(N3CCCCC3)cc(CC3CCCCC3)c21. The smallest absolute Gasteiger partial charge is 0.0883 e. The van der Waals surface area contributed by atoms with Crippen LogP contribution in [0, 0.1) is 5.92 Å². The van der Waals surface area contributed by atoms with Gasteiger partial charge in [-0.25, -0.2) is 0 Å². The molecule has 130 valence electrons. The third kappa shape index (κ3) is 3.31. The van der Waals surface area contributed by atoms with Gasteiger partial charge < -0.3 is 9.80 Å². The lowest BCUT2D eigenvalue weighted by Crippen LogP contribution is -2.30.